The second-order valence-electron chi connectivity index (χ2n) is 6.85. The van der Waals surface area contributed by atoms with Gasteiger partial charge in [-0.15, -0.1) is 0 Å². The van der Waals surface area contributed by atoms with E-state index in [1.54, 1.807) is 6.20 Å². The van der Waals surface area contributed by atoms with Gasteiger partial charge in [0.1, 0.15) is 18.2 Å². The number of hydrogen-bond donors (Lipinski definition) is 1. The SMILES string of the molecule is CCc1nc2n(n1)CC(NCc1cccc(OCc3ccccn3)c1)CC2. The monoisotopic (exact) mass is 363 g/mol. The van der Waals surface area contributed by atoms with Gasteiger partial charge in [0.2, 0.25) is 0 Å². The lowest BCUT2D eigenvalue weighted by atomic mass is 10.1. The molecule has 0 fully saturated rings. The highest BCUT2D eigenvalue weighted by atomic mass is 16.5. The molecule has 0 radical (unpaired) electrons. The second kappa shape index (κ2) is 8.31. The Kier molecular flexibility index (Phi) is 5.44. The number of pyridine rings is 1. The fourth-order valence-corrected chi connectivity index (χ4v) is 3.33. The Morgan fingerprint density at radius 3 is 3.04 bits per heavy atom. The third kappa shape index (κ3) is 4.52. The number of fused-ring (bicyclic) bond motifs is 1. The topological polar surface area (TPSA) is 64.9 Å². The first-order valence-electron chi connectivity index (χ1n) is 9.58. The molecular weight excluding hydrogens is 338 g/mol. The third-order valence-electron chi connectivity index (χ3n) is 4.82. The van der Waals surface area contributed by atoms with Crippen LogP contribution >= 0.6 is 0 Å². The standard InChI is InChI=1S/C21H25N5O/c1-2-20-24-21-10-9-17(14-26(21)25-20)23-13-16-6-5-8-19(12-16)27-15-18-7-3-4-11-22-18/h3-8,11-12,17,23H,2,9-10,13-15H2,1H3. The lowest BCUT2D eigenvalue weighted by Crippen LogP contribution is -2.37. The Balaban J connectivity index is 1.31. The predicted octanol–water partition coefficient (Wildman–Crippen LogP) is 2.92. The zero-order valence-corrected chi connectivity index (χ0v) is 15.6. The summed E-state index contributed by atoms with van der Waals surface area (Å²) in [5.41, 5.74) is 2.14. The molecule has 0 amide bonds. The maximum Gasteiger partial charge on any atom is 0.150 e. The van der Waals surface area contributed by atoms with Gasteiger partial charge < -0.3 is 10.1 Å². The van der Waals surface area contributed by atoms with Gasteiger partial charge in [0.25, 0.3) is 0 Å². The van der Waals surface area contributed by atoms with E-state index in [4.69, 9.17) is 4.74 Å². The van der Waals surface area contributed by atoms with E-state index in [1.807, 2.05) is 30.3 Å². The molecule has 1 atom stereocenters. The van der Waals surface area contributed by atoms with Crippen LogP contribution in [0.1, 0.15) is 36.3 Å². The van der Waals surface area contributed by atoms with E-state index in [-0.39, 0.29) is 0 Å². The highest BCUT2D eigenvalue weighted by Crippen LogP contribution is 2.17. The Labute approximate surface area is 159 Å². The molecule has 4 rings (SSSR count). The summed E-state index contributed by atoms with van der Waals surface area (Å²) in [6.07, 6.45) is 4.76. The molecule has 0 bridgehead atoms. The summed E-state index contributed by atoms with van der Waals surface area (Å²) in [7, 11) is 0. The van der Waals surface area contributed by atoms with Gasteiger partial charge in [-0.2, -0.15) is 5.10 Å². The summed E-state index contributed by atoms with van der Waals surface area (Å²) in [5.74, 6) is 2.94. The van der Waals surface area contributed by atoms with E-state index in [1.165, 1.54) is 5.56 Å². The Hall–Kier alpha value is -2.73. The van der Waals surface area contributed by atoms with Crippen LogP contribution < -0.4 is 10.1 Å². The van der Waals surface area contributed by atoms with Crippen molar-refractivity contribution in [3.05, 3.63) is 71.6 Å². The highest BCUT2D eigenvalue weighted by molar-refractivity contribution is 5.28. The molecule has 140 valence electrons. The minimum Gasteiger partial charge on any atom is -0.487 e. The first-order chi connectivity index (χ1) is 13.3. The van der Waals surface area contributed by atoms with E-state index in [0.717, 1.165) is 55.4 Å². The molecule has 1 aliphatic heterocycles. The number of aromatic nitrogens is 4. The fourth-order valence-electron chi connectivity index (χ4n) is 3.33. The number of ether oxygens (including phenoxy) is 1. The van der Waals surface area contributed by atoms with Gasteiger partial charge in [0.15, 0.2) is 5.82 Å². The molecule has 3 heterocycles. The summed E-state index contributed by atoms with van der Waals surface area (Å²) in [6.45, 7) is 4.28. The summed E-state index contributed by atoms with van der Waals surface area (Å²) in [5, 5.41) is 8.23. The van der Waals surface area contributed by atoms with E-state index in [2.05, 4.69) is 44.1 Å². The molecule has 3 aromatic rings. The van der Waals surface area contributed by atoms with Crippen LogP contribution in [0.4, 0.5) is 0 Å². The summed E-state index contributed by atoms with van der Waals surface area (Å²) in [4.78, 5) is 8.87. The Morgan fingerprint density at radius 2 is 2.19 bits per heavy atom. The summed E-state index contributed by atoms with van der Waals surface area (Å²) < 4.78 is 7.94. The van der Waals surface area contributed by atoms with Crippen molar-refractivity contribution in [2.75, 3.05) is 0 Å². The van der Waals surface area contributed by atoms with Crippen LogP contribution in [-0.2, 0) is 32.5 Å². The van der Waals surface area contributed by atoms with Crippen molar-refractivity contribution in [3.8, 4) is 5.75 Å². The van der Waals surface area contributed by atoms with Crippen molar-refractivity contribution in [3.63, 3.8) is 0 Å². The van der Waals surface area contributed by atoms with Crippen LogP contribution in [-0.4, -0.2) is 25.8 Å². The third-order valence-corrected chi connectivity index (χ3v) is 4.82. The number of benzene rings is 1. The molecule has 1 aromatic carbocycles. The van der Waals surface area contributed by atoms with E-state index < -0.39 is 0 Å². The number of nitrogens with zero attached hydrogens (tertiary/aromatic N) is 4. The normalized spacial score (nSPS) is 16.1. The van der Waals surface area contributed by atoms with Crippen molar-refractivity contribution < 1.29 is 4.74 Å². The largest absolute Gasteiger partial charge is 0.487 e. The Bertz CT molecular complexity index is 877. The molecule has 0 spiro atoms. The lowest BCUT2D eigenvalue weighted by molar-refractivity contribution is 0.300. The maximum absolute atomic E-state index is 5.87. The van der Waals surface area contributed by atoms with Gasteiger partial charge in [-0.25, -0.2) is 9.67 Å². The number of nitrogens with one attached hydrogen (secondary N) is 1. The van der Waals surface area contributed by atoms with Crippen molar-refractivity contribution in [2.45, 2.75) is 51.9 Å². The van der Waals surface area contributed by atoms with Gasteiger partial charge in [-0.1, -0.05) is 25.1 Å². The zero-order valence-electron chi connectivity index (χ0n) is 15.6. The van der Waals surface area contributed by atoms with E-state index in [0.29, 0.717) is 12.6 Å². The zero-order chi connectivity index (χ0) is 18.5. The number of rotatable bonds is 7. The summed E-state index contributed by atoms with van der Waals surface area (Å²) >= 11 is 0. The Morgan fingerprint density at radius 1 is 1.22 bits per heavy atom. The molecule has 6 nitrogen and oxygen atoms in total. The predicted molar refractivity (Wildman–Crippen MR) is 103 cm³/mol. The first-order valence-corrected chi connectivity index (χ1v) is 9.58. The summed E-state index contributed by atoms with van der Waals surface area (Å²) in [6, 6.07) is 14.5. The minimum absolute atomic E-state index is 0.419. The van der Waals surface area contributed by atoms with Gasteiger partial charge >= 0.3 is 0 Å². The molecule has 1 N–H and O–H groups in total. The fraction of sp³-hybridized carbons (Fsp3) is 0.381. The molecule has 0 saturated carbocycles. The van der Waals surface area contributed by atoms with Gasteiger partial charge in [-0.05, 0) is 36.2 Å². The molecule has 0 saturated heterocycles. The minimum atomic E-state index is 0.419. The van der Waals surface area contributed by atoms with Crippen molar-refractivity contribution in [1.29, 1.82) is 0 Å². The van der Waals surface area contributed by atoms with E-state index >= 15 is 0 Å². The number of aryl methyl sites for hydroxylation is 2. The van der Waals surface area contributed by atoms with Crippen molar-refractivity contribution >= 4 is 0 Å². The highest BCUT2D eigenvalue weighted by Gasteiger charge is 2.20. The van der Waals surface area contributed by atoms with Crippen LogP contribution in [0.5, 0.6) is 5.75 Å². The van der Waals surface area contributed by atoms with Crippen LogP contribution in [0.15, 0.2) is 48.7 Å². The van der Waals surface area contributed by atoms with Crippen LogP contribution in [0, 0.1) is 0 Å². The molecule has 27 heavy (non-hydrogen) atoms. The lowest BCUT2D eigenvalue weighted by Gasteiger charge is -2.23. The molecular formula is C21H25N5O. The first kappa shape index (κ1) is 17.7. The van der Waals surface area contributed by atoms with Crippen LogP contribution in [0.25, 0.3) is 0 Å². The quantitative estimate of drug-likeness (QED) is 0.699. The van der Waals surface area contributed by atoms with Gasteiger partial charge in [0.05, 0.1) is 12.2 Å². The molecule has 6 heteroatoms. The van der Waals surface area contributed by atoms with Crippen LogP contribution in [0.2, 0.25) is 0 Å². The van der Waals surface area contributed by atoms with E-state index in [9.17, 15) is 0 Å². The smallest absolute Gasteiger partial charge is 0.150 e. The molecule has 1 unspecified atom stereocenters. The van der Waals surface area contributed by atoms with Gasteiger partial charge in [0, 0.05) is 31.6 Å². The van der Waals surface area contributed by atoms with Crippen molar-refractivity contribution in [2.24, 2.45) is 0 Å². The average molecular weight is 363 g/mol. The van der Waals surface area contributed by atoms with Crippen molar-refractivity contribution in [1.82, 2.24) is 25.1 Å². The molecule has 1 aliphatic rings. The molecule has 2 aromatic heterocycles. The average Bonchev–Trinajstić information content (AvgIpc) is 3.14. The number of hydrogen-bond acceptors (Lipinski definition) is 5. The molecule has 0 aliphatic carbocycles. The second-order valence-corrected chi connectivity index (χ2v) is 6.85. The van der Waals surface area contributed by atoms with Gasteiger partial charge in [-0.3, -0.25) is 4.98 Å². The maximum atomic E-state index is 5.87. The van der Waals surface area contributed by atoms with Crippen LogP contribution in [0.3, 0.4) is 0 Å².